The molecule has 1 N–H and O–H groups in total. The van der Waals surface area contributed by atoms with Gasteiger partial charge in [-0.2, -0.15) is 0 Å². The van der Waals surface area contributed by atoms with Gasteiger partial charge >= 0.3 is 0 Å². The Hall–Kier alpha value is -0.850. The summed E-state index contributed by atoms with van der Waals surface area (Å²) in [6.07, 6.45) is 8.28. The first-order valence-electron chi connectivity index (χ1n) is 3.03. The van der Waals surface area contributed by atoms with Gasteiger partial charge in [0.25, 0.3) is 0 Å². The number of hydrogen-bond donors (Lipinski definition) is 1. The van der Waals surface area contributed by atoms with Gasteiger partial charge in [0.1, 0.15) is 5.76 Å². The van der Waals surface area contributed by atoms with Crippen LogP contribution >= 0.6 is 9.03 Å². The molecule has 0 bridgehead atoms. The summed E-state index contributed by atoms with van der Waals surface area (Å²) in [5.74, 6) is 0.570. The van der Waals surface area contributed by atoms with Gasteiger partial charge in [0.15, 0.2) is 0 Å². The van der Waals surface area contributed by atoms with Crippen molar-refractivity contribution in [2.75, 3.05) is 0 Å². The Morgan fingerprint density at radius 2 is 2.09 bits per heavy atom. The average Bonchev–Trinajstić information content (AvgIpc) is 2.01. The van der Waals surface area contributed by atoms with Gasteiger partial charge in [-0.3, -0.25) is 0 Å². The maximum Gasteiger partial charge on any atom is 0.212 e. The van der Waals surface area contributed by atoms with Crippen LogP contribution in [0.2, 0.25) is 0 Å². The molecule has 0 aliphatic heterocycles. The molecule has 60 valence electrons. The van der Waals surface area contributed by atoms with Crippen LogP contribution < -0.4 is 0 Å². The molecule has 11 heavy (non-hydrogen) atoms. The molecule has 0 saturated carbocycles. The second kappa shape index (κ2) is 7.26. The SMILES string of the molecule is C=C/C=C\C(=C/C=C)OPO. The van der Waals surface area contributed by atoms with Crippen molar-refractivity contribution in [3.63, 3.8) is 0 Å². The van der Waals surface area contributed by atoms with Gasteiger partial charge in [0.2, 0.25) is 9.03 Å². The molecule has 0 heterocycles. The molecule has 0 radical (unpaired) electrons. The predicted molar refractivity (Wildman–Crippen MR) is 49.2 cm³/mol. The summed E-state index contributed by atoms with van der Waals surface area (Å²) in [4.78, 5) is 8.43. The number of hydrogen-bond acceptors (Lipinski definition) is 2. The Balaban J connectivity index is 4.09. The standard InChI is InChI=1S/C8H11O2P/c1-3-5-7-8(6-4-2)10-11-9/h3-7,9,11H,1-2H2/b7-5-,8-6+. The van der Waals surface area contributed by atoms with Crippen LogP contribution in [-0.2, 0) is 4.52 Å². The van der Waals surface area contributed by atoms with E-state index in [4.69, 9.17) is 9.42 Å². The lowest BCUT2D eigenvalue weighted by Crippen LogP contribution is -1.75. The van der Waals surface area contributed by atoms with Crippen LogP contribution in [0.5, 0.6) is 0 Å². The largest absolute Gasteiger partial charge is 0.450 e. The second-order valence-corrected chi connectivity index (χ2v) is 1.98. The van der Waals surface area contributed by atoms with Gasteiger partial charge in [-0.1, -0.05) is 31.4 Å². The Morgan fingerprint density at radius 1 is 1.36 bits per heavy atom. The van der Waals surface area contributed by atoms with Gasteiger partial charge in [-0.25, -0.2) is 0 Å². The van der Waals surface area contributed by atoms with Gasteiger partial charge in [0.05, 0.1) is 0 Å². The number of rotatable bonds is 5. The first kappa shape index (κ1) is 10.2. The van der Waals surface area contributed by atoms with Crippen molar-refractivity contribution in [3.8, 4) is 0 Å². The molecule has 0 saturated heterocycles. The molecule has 1 unspecified atom stereocenters. The van der Waals surface area contributed by atoms with Crippen LogP contribution in [0, 0.1) is 0 Å². The van der Waals surface area contributed by atoms with E-state index in [2.05, 4.69) is 13.2 Å². The molecule has 0 fully saturated rings. The molecule has 0 aliphatic rings. The first-order chi connectivity index (χ1) is 5.35. The summed E-state index contributed by atoms with van der Waals surface area (Å²) in [5.41, 5.74) is 0. The number of allylic oxidation sites excluding steroid dienone is 5. The molecule has 0 rings (SSSR count). The summed E-state index contributed by atoms with van der Waals surface area (Å²) in [5, 5.41) is 0. The molecule has 0 aromatic carbocycles. The fourth-order valence-electron chi connectivity index (χ4n) is 0.455. The van der Waals surface area contributed by atoms with Crippen molar-refractivity contribution in [2.45, 2.75) is 0 Å². The van der Waals surface area contributed by atoms with Gasteiger partial charge < -0.3 is 9.42 Å². The van der Waals surface area contributed by atoms with Crippen LogP contribution in [0.4, 0.5) is 0 Å². The summed E-state index contributed by atoms with van der Waals surface area (Å²) in [6, 6.07) is 0. The first-order valence-corrected chi connectivity index (χ1v) is 3.88. The Kier molecular flexibility index (Phi) is 6.70. The highest BCUT2D eigenvalue weighted by Gasteiger charge is 1.87. The summed E-state index contributed by atoms with van der Waals surface area (Å²) in [7, 11) is -0.542. The van der Waals surface area contributed by atoms with E-state index < -0.39 is 9.03 Å². The normalized spacial score (nSPS) is 12.6. The zero-order valence-corrected chi connectivity index (χ0v) is 7.16. The molecule has 0 aromatic heterocycles. The zero-order chi connectivity index (χ0) is 8.53. The van der Waals surface area contributed by atoms with Crippen molar-refractivity contribution in [1.29, 1.82) is 0 Å². The van der Waals surface area contributed by atoms with E-state index in [1.54, 1.807) is 30.4 Å². The van der Waals surface area contributed by atoms with Crippen molar-refractivity contribution in [1.82, 2.24) is 0 Å². The van der Waals surface area contributed by atoms with Crippen LogP contribution in [-0.4, -0.2) is 4.89 Å². The summed E-state index contributed by atoms with van der Waals surface area (Å²) >= 11 is 0. The lowest BCUT2D eigenvalue weighted by atomic mass is 10.4. The summed E-state index contributed by atoms with van der Waals surface area (Å²) in [6.45, 7) is 6.99. The molecule has 2 nitrogen and oxygen atoms in total. The second-order valence-electron chi connectivity index (χ2n) is 1.59. The Bertz CT molecular complexity index is 183. The lowest BCUT2D eigenvalue weighted by molar-refractivity contribution is 0.437. The third-order valence-corrected chi connectivity index (χ3v) is 1.17. The summed E-state index contributed by atoms with van der Waals surface area (Å²) < 4.78 is 4.82. The van der Waals surface area contributed by atoms with Crippen LogP contribution in [0.1, 0.15) is 0 Å². The van der Waals surface area contributed by atoms with Gasteiger partial charge in [-0.15, -0.1) is 0 Å². The minimum atomic E-state index is -0.542. The van der Waals surface area contributed by atoms with Crippen LogP contribution in [0.25, 0.3) is 0 Å². The van der Waals surface area contributed by atoms with E-state index in [1.807, 2.05) is 0 Å². The third-order valence-electron chi connectivity index (χ3n) is 0.842. The monoisotopic (exact) mass is 170 g/mol. The van der Waals surface area contributed by atoms with Gasteiger partial charge in [-0.05, 0) is 12.2 Å². The van der Waals surface area contributed by atoms with E-state index in [9.17, 15) is 0 Å². The fourth-order valence-corrected chi connectivity index (χ4v) is 0.697. The lowest BCUT2D eigenvalue weighted by Gasteiger charge is -1.98. The molecular weight excluding hydrogens is 159 g/mol. The third kappa shape index (κ3) is 5.59. The van der Waals surface area contributed by atoms with Crippen molar-refractivity contribution in [2.24, 2.45) is 0 Å². The zero-order valence-electron chi connectivity index (χ0n) is 6.16. The minimum Gasteiger partial charge on any atom is -0.450 e. The molecule has 1 atom stereocenters. The average molecular weight is 170 g/mol. The van der Waals surface area contributed by atoms with E-state index in [0.29, 0.717) is 5.76 Å². The van der Waals surface area contributed by atoms with Crippen molar-refractivity contribution >= 4 is 9.03 Å². The topological polar surface area (TPSA) is 29.5 Å². The van der Waals surface area contributed by atoms with Gasteiger partial charge in [0, 0.05) is 0 Å². The highest BCUT2D eigenvalue weighted by molar-refractivity contribution is 7.25. The smallest absolute Gasteiger partial charge is 0.212 e. The Morgan fingerprint density at radius 3 is 2.55 bits per heavy atom. The Labute approximate surface area is 68.5 Å². The van der Waals surface area contributed by atoms with E-state index >= 15 is 0 Å². The fraction of sp³-hybridized carbons (Fsp3) is 0. The molecule has 0 amide bonds. The maximum absolute atomic E-state index is 8.43. The van der Waals surface area contributed by atoms with E-state index in [1.165, 1.54) is 0 Å². The highest BCUT2D eigenvalue weighted by Crippen LogP contribution is 2.13. The minimum absolute atomic E-state index is 0.542. The molecule has 0 aromatic rings. The van der Waals surface area contributed by atoms with Crippen LogP contribution in [0.3, 0.4) is 0 Å². The molecule has 0 spiro atoms. The van der Waals surface area contributed by atoms with Crippen molar-refractivity contribution in [3.05, 3.63) is 49.3 Å². The van der Waals surface area contributed by atoms with Crippen LogP contribution in [0.15, 0.2) is 49.3 Å². The molecule has 0 aliphatic carbocycles. The predicted octanol–water partition coefficient (Wildman–Crippen LogP) is 2.32. The van der Waals surface area contributed by atoms with E-state index in [0.717, 1.165) is 0 Å². The molecule has 3 heteroatoms. The quantitative estimate of drug-likeness (QED) is 0.389. The molecular formula is C8H11O2P. The maximum atomic E-state index is 8.43. The highest BCUT2D eigenvalue weighted by atomic mass is 31.1. The van der Waals surface area contributed by atoms with E-state index in [-0.39, 0.29) is 0 Å². The van der Waals surface area contributed by atoms with Crippen molar-refractivity contribution < 1.29 is 9.42 Å².